The summed E-state index contributed by atoms with van der Waals surface area (Å²) in [5, 5.41) is 10.5. The molecule has 0 saturated carbocycles. The summed E-state index contributed by atoms with van der Waals surface area (Å²) in [5.74, 6) is 6.22. The molecule has 0 atom stereocenters. The van der Waals surface area contributed by atoms with Crippen LogP contribution in [0, 0.1) is 18.8 Å². The fraction of sp³-hybridized carbons (Fsp3) is 0.684. The van der Waals surface area contributed by atoms with Crippen molar-refractivity contribution in [1.82, 2.24) is 0 Å². The van der Waals surface area contributed by atoms with E-state index in [0.717, 1.165) is 34.5 Å². The minimum absolute atomic E-state index is 0.527. The molecule has 1 nitrogen and oxygen atoms in total. The summed E-state index contributed by atoms with van der Waals surface area (Å²) in [6.45, 7) is 11.2. The zero-order valence-corrected chi connectivity index (χ0v) is 16.4. The van der Waals surface area contributed by atoms with Gasteiger partial charge >= 0.3 is 0 Å². The van der Waals surface area contributed by atoms with E-state index in [9.17, 15) is 5.11 Å². The Balaban J connectivity index is 2.55. The molecule has 0 radical (unpaired) electrons. The van der Waals surface area contributed by atoms with E-state index < -0.39 is 0 Å². The molecule has 0 aliphatic heterocycles. The van der Waals surface area contributed by atoms with Gasteiger partial charge in [-0.15, -0.1) is 0 Å². The van der Waals surface area contributed by atoms with Gasteiger partial charge in [0.15, 0.2) is 0 Å². The lowest BCUT2D eigenvalue weighted by molar-refractivity contribution is 0.465. The largest absolute Gasteiger partial charge is 0.507 e. The average Bonchev–Trinajstić information content (AvgIpc) is 2.43. The standard InChI is InChI=1S/C19H32OS2/c1-14(2)6-8-21-12-17-10-16(5)11-18(19(17)20)13-22-9-7-15(3)4/h10-11,14-15,20H,6-9,12-13H2,1-5H3. The van der Waals surface area contributed by atoms with Gasteiger partial charge in [0.2, 0.25) is 0 Å². The second-order valence-electron chi connectivity index (χ2n) is 6.90. The van der Waals surface area contributed by atoms with Crippen molar-refractivity contribution < 1.29 is 5.11 Å². The fourth-order valence-corrected chi connectivity index (χ4v) is 4.60. The summed E-state index contributed by atoms with van der Waals surface area (Å²) in [4.78, 5) is 0. The Morgan fingerprint density at radius 2 is 1.27 bits per heavy atom. The average molecular weight is 341 g/mol. The monoisotopic (exact) mass is 340 g/mol. The molecule has 1 aromatic rings. The van der Waals surface area contributed by atoms with Crippen molar-refractivity contribution in [2.24, 2.45) is 11.8 Å². The summed E-state index contributed by atoms with van der Waals surface area (Å²) in [6.07, 6.45) is 2.49. The van der Waals surface area contributed by atoms with E-state index in [2.05, 4.69) is 46.8 Å². The number of benzene rings is 1. The van der Waals surface area contributed by atoms with Gasteiger partial charge in [0.1, 0.15) is 5.75 Å². The van der Waals surface area contributed by atoms with Gasteiger partial charge in [0.25, 0.3) is 0 Å². The van der Waals surface area contributed by atoms with Gasteiger partial charge in [-0.05, 0) is 43.1 Å². The number of rotatable bonds is 10. The van der Waals surface area contributed by atoms with Crippen molar-refractivity contribution in [2.45, 2.75) is 59.0 Å². The zero-order chi connectivity index (χ0) is 16.5. The smallest absolute Gasteiger partial charge is 0.123 e. The van der Waals surface area contributed by atoms with Crippen LogP contribution in [-0.2, 0) is 11.5 Å². The van der Waals surface area contributed by atoms with Gasteiger partial charge in [-0.1, -0.05) is 45.4 Å². The SMILES string of the molecule is Cc1cc(CSCCC(C)C)c(O)c(CSCCC(C)C)c1. The van der Waals surface area contributed by atoms with E-state index in [1.54, 1.807) is 0 Å². The molecule has 1 aromatic carbocycles. The Hall–Kier alpha value is -0.280. The first-order valence-corrected chi connectivity index (χ1v) is 10.7. The molecule has 0 aromatic heterocycles. The molecule has 0 saturated heterocycles. The lowest BCUT2D eigenvalue weighted by Crippen LogP contribution is -1.95. The lowest BCUT2D eigenvalue weighted by atomic mass is 10.1. The maximum atomic E-state index is 10.5. The molecule has 0 amide bonds. The van der Waals surface area contributed by atoms with Crippen molar-refractivity contribution in [3.05, 3.63) is 28.8 Å². The molecule has 0 unspecified atom stereocenters. The second kappa shape index (κ2) is 10.5. The number of hydrogen-bond acceptors (Lipinski definition) is 3. The van der Waals surface area contributed by atoms with E-state index in [0.29, 0.717) is 5.75 Å². The van der Waals surface area contributed by atoms with Crippen LogP contribution < -0.4 is 0 Å². The van der Waals surface area contributed by atoms with Gasteiger partial charge in [-0.3, -0.25) is 0 Å². The predicted molar refractivity (Wildman–Crippen MR) is 104 cm³/mol. The highest BCUT2D eigenvalue weighted by molar-refractivity contribution is 7.98. The summed E-state index contributed by atoms with van der Waals surface area (Å²) < 4.78 is 0. The van der Waals surface area contributed by atoms with Gasteiger partial charge in [-0.25, -0.2) is 0 Å². The zero-order valence-electron chi connectivity index (χ0n) is 14.8. The van der Waals surface area contributed by atoms with Gasteiger partial charge in [-0.2, -0.15) is 23.5 Å². The van der Waals surface area contributed by atoms with E-state index in [4.69, 9.17) is 0 Å². The number of hydrogen-bond donors (Lipinski definition) is 1. The molecule has 1 N–H and O–H groups in total. The molecule has 0 aliphatic rings. The molecule has 0 heterocycles. The summed E-state index contributed by atoms with van der Waals surface area (Å²) in [6, 6.07) is 4.28. The van der Waals surface area contributed by atoms with E-state index >= 15 is 0 Å². The van der Waals surface area contributed by atoms with E-state index in [1.165, 1.54) is 29.9 Å². The highest BCUT2D eigenvalue weighted by Crippen LogP contribution is 2.31. The third-order valence-corrected chi connectivity index (χ3v) is 5.69. The quantitative estimate of drug-likeness (QED) is 0.508. The van der Waals surface area contributed by atoms with Crippen LogP contribution >= 0.6 is 23.5 Å². The Kier molecular flexibility index (Phi) is 9.42. The molecule has 3 heteroatoms. The molecular formula is C19H32OS2. The van der Waals surface area contributed by atoms with Gasteiger partial charge in [0.05, 0.1) is 0 Å². The first-order valence-electron chi connectivity index (χ1n) is 8.37. The molecule has 0 fully saturated rings. The summed E-state index contributed by atoms with van der Waals surface area (Å²) in [7, 11) is 0. The summed E-state index contributed by atoms with van der Waals surface area (Å²) >= 11 is 3.86. The van der Waals surface area contributed by atoms with Crippen LogP contribution in [0.15, 0.2) is 12.1 Å². The number of aryl methyl sites for hydroxylation is 1. The highest BCUT2D eigenvalue weighted by atomic mass is 32.2. The number of phenolic OH excluding ortho intramolecular Hbond substituents is 1. The van der Waals surface area contributed by atoms with Crippen molar-refractivity contribution in [3.63, 3.8) is 0 Å². The maximum Gasteiger partial charge on any atom is 0.123 e. The minimum atomic E-state index is 0.527. The minimum Gasteiger partial charge on any atom is -0.507 e. The first kappa shape index (κ1) is 19.8. The van der Waals surface area contributed by atoms with Crippen molar-refractivity contribution in [2.75, 3.05) is 11.5 Å². The molecule has 0 aliphatic carbocycles. The van der Waals surface area contributed by atoms with Crippen LogP contribution in [0.5, 0.6) is 5.75 Å². The topological polar surface area (TPSA) is 20.2 Å². The van der Waals surface area contributed by atoms with E-state index in [-0.39, 0.29) is 0 Å². The van der Waals surface area contributed by atoms with E-state index in [1.807, 2.05) is 23.5 Å². The lowest BCUT2D eigenvalue weighted by Gasteiger charge is -2.12. The molecule has 22 heavy (non-hydrogen) atoms. The molecular weight excluding hydrogens is 308 g/mol. The Morgan fingerprint density at radius 1 is 0.864 bits per heavy atom. The third kappa shape index (κ3) is 7.82. The van der Waals surface area contributed by atoms with Crippen LogP contribution in [0.1, 0.15) is 57.2 Å². The normalized spacial score (nSPS) is 11.6. The molecule has 126 valence electrons. The van der Waals surface area contributed by atoms with Crippen LogP contribution in [0.4, 0.5) is 0 Å². The number of thioether (sulfide) groups is 2. The molecule has 0 bridgehead atoms. The van der Waals surface area contributed by atoms with Crippen LogP contribution in [0.3, 0.4) is 0 Å². The van der Waals surface area contributed by atoms with Crippen molar-refractivity contribution in [1.29, 1.82) is 0 Å². The van der Waals surface area contributed by atoms with Crippen molar-refractivity contribution in [3.8, 4) is 5.75 Å². The van der Waals surface area contributed by atoms with Crippen LogP contribution in [-0.4, -0.2) is 16.6 Å². The van der Waals surface area contributed by atoms with Gasteiger partial charge < -0.3 is 5.11 Å². The molecule has 0 spiro atoms. The molecule has 1 rings (SSSR count). The number of phenols is 1. The fourth-order valence-electron chi connectivity index (χ4n) is 2.16. The Morgan fingerprint density at radius 3 is 1.64 bits per heavy atom. The maximum absolute atomic E-state index is 10.5. The predicted octanol–water partition coefficient (Wildman–Crippen LogP) is 6.26. The second-order valence-corrected chi connectivity index (χ2v) is 9.11. The highest BCUT2D eigenvalue weighted by Gasteiger charge is 2.09. The van der Waals surface area contributed by atoms with Crippen LogP contribution in [0.25, 0.3) is 0 Å². The summed E-state index contributed by atoms with van der Waals surface area (Å²) in [5.41, 5.74) is 3.47. The Bertz CT molecular complexity index is 404. The Labute approximate surface area is 145 Å². The van der Waals surface area contributed by atoms with Crippen LogP contribution in [0.2, 0.25) is 0 Å². The first-order chi connectivity index (χ1) is 10.4. The van der Waals surface area contributed by atoms with Gasteiger partial charge in [0, 0.05) is 22.6 Å². The third-order valence-electron chi connectivity index (χ3n) is 3.61. The number of aromatic hydroxyl groups is 1. The van der Waals surface area contributed by atoms with Crippen molar-refractivity contribution >= 4 is 23.5 Å².